The second-order valence-corrected chi connectivity index (χ2v) is 6.95. The van der Waals surface area contributed by atoms with Crippen molar-refractivity contribution in [2.75, 3.05) is 33.3 Å². The maximum absolute atomic E-state index is 5.72. The maximum atomic E-state index is 5.72. The number of hydrogen-bond acceptors (Lipinski definition) is 3. The minimum Gasteiger partial charge on any atom is -0.496 e. The Kier molecular flexibility index (Phi) is 12.6. The number of hydrogen-bond donors (Lipinski definition) is 1. The van der Waals surface area contributed by atoms with E-state index >= 15 is 0 Å². The molecule has 3 nitrogen and oxygen atoms in total. The first-order valence-corrected chi connectivity index (χ1v) is 9.30. The fraction of sp³-hybridized carbons (Fsp3) is 0.700. The Hall–Kier alpha value is -0.480. The summed E-state index contributed by atoms with van der Waals surface area (Å²) in [5, 5.41) is 3.47. The lowest BCUT2D eigenvalue weighted by Crippen LogP contribution is -2.45. The van der Waals surface area contributed by atoms with Gasteiger partial charge in [0.25, 0.3) is 0 Å². The Morgan fingerprint density at radius 2 is 1.80 bits per heavy atom. The summed E-state index contributed by atoms with van der Waals surface area (Å²) in [5.41, 5.74) is 2.80. The molecule has 0 spiro atoms. The molecule has 1 aliphatic rings. The smallest absolute Gasteiger partial charge is 0.123 e. The number of piperazine rings is 1. The van der Waals surface area contributed by atoms with Gasteiger partial charge in [-0.05, 0) is 24.0 Å². The van der Waals surface area contributed by atoms with Crippen molar-refractivity contribution < 1.29 is 4.74 Å². The third-order valence-electron chi connectivity index (χ3n) is 4.95. The van der Waals surface area contributed by atoms with Gasteiger partial charge in [-0.15, -0.1) is 24.8 Å². The Morgan fingerprint density at radius 1 is 1.12 bits per heavy atom. The van der Waals surface area contributed by atoms with Crippen LogP contribution in [0.2, 0.25) is 0 Å². The van der Waals surface area contributed by atoms with E-state index in [-0.39, 0.29) is 24.8 Å². The molecule has 0 saturated carbocycles. The molecule has 1 aromatic rings. The van der Waals surface area contributed by atoms with E-state index in [0.29, 0.717) is 12.0 Å². The molecule has 0 aromatic heterocycles. The highest BCUT2D eigenvalue weighted by Crippen LogP contribution is 2.35. The number of halogens is 2. The molecule has 0 aliphatic carbocycles. The highest BCUT2D eigenvalue weighted by atomic mass is 35.5. The number of methoxy groups -OCH3 is 1. The van der Waals surface area contributed by atoms with Crippen LogP contribution < -0.4 is 10.1 Å². The number of rotatable bonds is 8. The minimum atomic E-state index is 0. The van der Waals surface area contributed by atoms with Gasteiger partial charge in [0, 0.05) is 37.8 Å². The summed E-state index contributed by atoms with van der Waals surface area (Å²) < 4.78 is 5.72. The van der Waals surface area contributed by atoms with Crippen molar-refractivity contribution >= 4 is 24.8 Å². The van der Waals surface area contributed by atoms with Crippen LogP contribution in [-0.4, -0.2) is 38.2 Å². The monoisotopic (exact) mass is 390 g/mol. The fourth-order valence-electron chi connectivity index (χ4n) is 3.49. The molecule has 1 fully saturated rings. The number of nitrogens with zero attached hydrogens (tertiary/aromatic N) is 1. The molecule has 25 heavy (non-hydrogen) atoms. The molecule has 5 heteroatoms. The van der Waals surface area contributed by atoms with Gasteiger partial charge >= 0.3 is 0 Å². The summed E-state index contributed by atoms with van der Waals surface area (Å²) in [4.78, 5) is 2.65. The van der Waals surface area contributed by atoms with Crippen LogP contribution in [0.3, 0.4) is 0 Å². The zero-order valence-electron chi connectivity index (χ0n) is 16.2. The van der Waals surface area contributed by atoms with Crippen molar-refractivity contribution in [3.8, 4) is 5.75 Å². The topological polar surface area (TPSA) is 24.5 Å². The van der Waals surface area contributed by atoms with E-state index in [2.05, 4.69) is 49.2 Å². The maximum Gasteiger partial charge on any atom is 0.123 e. The van der Waals surface area contributed by atoms with E-state index in [4.69, 9.17) is 4.74 Å². The van der Waals surface area contributed by atoms with Gasteiger partial charge in [-0.3, -0.25) is 4.90 Å². The number of ether oxygens (including phenoxy) is 1. The van der Waals surface area contributed by atoms with Gasteiger partial charge < -0.3 is 10.1 Å². The summed E-state index contributed by atoms with van der Waals surface area (Å²) >= 11 is 0. The van der Waals surface area contributed by atoms with E-state index in [9.17, 15) is 0 Å². The Morgan fingerprint density at radius 3 is 2.36 bits per heavy atom. The van der Waals surface area contributed by atoms with Crippen LogP contribution in [-0.2, 0) is 0 Å². The van der Waals surface area contributed by atoms with Crippen LogP contribution in [0.1, 0.15) is 69.5 Å². The average molecular weight is 391 g/mol. The van der Waals surface area contributed by atoms with Crippen molar-refractivity contribution in [1.29, 1.82) is 0 Å². The van der Waals surface area contributed by atoms with Crippen LogP contribution in [0.15, 0.2) is 18.2 Å². The van der Waals surface area contributed by atoms with Crippen LogP contribution in [0.5, 0.6) is 5.75 Å². The fourth-order valence-corrected chi connectivity index (χ4v) is 3.49. The largest absolute Gasteiger partial charge is 0.496 e. The second kappa shape index (κ2) is 12.8. The minimum absolute atomic E-state index is 0. The molecule has 0 radical (unpaired) electrons. The lowest BCUT2D eigenvalue weighted by Gasteiger charge is -2.36. The van der Waals surface area contributed by atoms with Gasteiger partial charge in [0.05, 0.1) is 7.11 Å². The number of unbranched alkanes of at least 4 members (excludes halogenated alkanes) is 2. The zero-order valence-corrected chi connectivity index (χ0v) is 17.8. The van der Waals surface area contributed by atoms with Crippen molar-refractivity contribution in [2.24, 2.45) is 0 Å². The first kappa shape index (κ1) is 24.5. The van der Waals surface area contributed by atoms with Gasteiger partial charge in [-0.1, -0.05) is 52.2 Å². The van der Waals surface area contributed by atoms with Crippen molar-refractivity contribution in [2.45, 2.75) is 58.4 Å². The molecular weight excluding hydrogens is 355 g/mol. The Labute approximate surface area is 166 Å². The summed E-state index contributed by atoms with van der Waals surface area (Å²) in [5.74, 6) is 1.61. The summed E-state index contributed by atoms with van der Waals surface area (Å²) in [6, 6.07) is 7.26. The van der Waals surface area contributed by atoms with E-state index in [0.717, 1.165) is 31.9 Å². The molecule has 0 unspecified atom stereocenters. The first-order chi connectivity index (χ1) is 11.2. The highest BCUT2D eigenvalue weighted by Gasteiger charge is 2.25. The van der Waals surface area contributed by atoms with Crippen LogP contribution in [0, 0.1) is 0 Å². The Bertz CT molecular complexity index is 477. The van der Waals surface area contributed by atoms with Crippen molar-refractivity contribution in [3.63, 3.8) is 0 Å². The number of benzene rings is 1. The average Bonchev–Trinajstić information content (AvgIpc) is 2.59. The lowest BCUT2D eigenvalue weighted by atomic mass is 9.93. The first-order valence-electron chi connectivity index (χ1n) is 9.30. The number of nitrogens with one attached hydrogen (secondary N) is 1. The summed E-state index contributed by atoms with van der Waals surface area (Å²) in [7, 11) is 1.80. The third kappa shape index (κ3) is 6.97. The quantitative estimate of drug-likeness (QED) is 0.618. The predicted molar refractivity (Wildman–Crippen MR) is 113 cm³/mol. The lowest BCUT2D eigenvalue weighted by molar-refractivity contribution is 0.160. The molecule has 146 valence electrons. The van der Waals surface area contributed by atoms with E-state index < -0.39 is 0 Å². The molecule has 1 N–H and O–H groups in total. The molecule has 0 amide bonds. The molecule has 1 atom stereocenters. The molecule has 1 aliphatic heterocycles. The summed E-state index contributed by atoms with van der Waals surface area (Å²) in [6.07, 6.45) is 5.11. The van der Waals surface area contributed by atoms with Gasteiger partial charge in [0.15, 0.2) is 0 Å². The van der Waals surface area contributed by atoms with Crippen molar-refractivity contribution in [3.05, 3.63) is 29.3 Å². The molecular formula is C20H36Cl2N2O. The van der Waals surface area contributed by atoms with E-state index in [1.165, 1.54) is 36.8 Å². The second-order valence-electron chi connectivity index (χ2n) is 6.95. The van der Waals surface area contributed by atoms with Crippen LogP contribution in [0.4, 0.5) is 0 Å². The van der Waals surface area contributed by atoms with Crippen LogP contribution >= 0.6 is 24.8 Å². The van der Waals surface area contributed by atoms with E-state index in [1.807, 2.05) is 0 Å². The van der Waals surface area contributed by atoms with E-state index in [1.54, 1.807) is 7.11 Å². The Balaban J connectivity index is 0.00000288. The molecule has 1 heterocycles. The molecule has 0 bridgehead atoms. The standard InChI is InChI=1S/C20H34N2O.2ClH/c1-5-6-7-8-19(22-13-11-21-12-14-22)18-15-17(16(2)3)9-10-20(18)23-4;;/h9-10,15-16,19,21H,5-8,11-14H2,1-4H3;2*1H/t19-;;/m0../s1. The van der Waals surface area contributed by atoms with Crippen molar-refractivity contribution in [1.82, 2.24) is 10.2 Å². The van der Waals surface area contributed by atoms with Crippen LogP contribution in [0.25, 0.3) is 0 Å². The highest BCUT2D eigenvalue weighted by molar-refractivity contribution is 5.85. The van der Waals surface area contributed by atoms with Gasteiger partial charge in [0.1, 0.15) is 5.75 Å². The summed E-state index contributed by atoms with van der Waals surface area (Å²) in [6.45, 7) is 11.3. The molecule has 2 rings (SSSR count). The molecule has 1 saturated heterocycles. The van der Waals surface area contributed by atoms with Gasteiger partial charge in [0.2, 0.25) is 0 Å². The third-order valence-corrected chi connectivity index (χ3v) is 4.95. The predicted octanol–water partition coefficient (Wildman–Crippen LogP) is 5.19. The van der Waals surface area contributed by atoms with Gasteiger partial charge in [-0.25, -0.2) is 0 Å². The molecule has 1 aromatic carbocycles. The normalized spacial score (nSPS) is 16.0. The van der Waals surface area contributed by atoms with Gasteiger partial charge in [-0.2, -0.15) is 0 Å². The zero-order chi connectivity index (χ0) is 16.7. The SMILES string of the molecule is CCCCC[C@@H](c1cc(C(C)C)ccc1OC)N1CCNCC1.Cl.Cl.